The molecule has 1 aromatic heterocycles. The molecule has 0 radical (unpaired) electrons. The van der Waals surface area contributed by atoms with E-state index in [1.807, 2.05) is 36.4 Å². The highest BCUT2D eigenvalue weighted by Gasteiger charge is 2.35. The van der Waals surface area contributed by atoms with Gasteiger partial charge < -0.3 is 9.88 Å². The highest BCUT2D eigenvalue weighted by atomic mass is 16.2. The first-order chi connectivity index (χ1) is 13.2. The molecule has 27 heavy (non-hydrogen) atoms. The maximum absolute atomic E-state index is 13.1. The zero-order chi connectivity index (χ0) is 18.8. The second-order valence-corrected chi connectivity index (χ2v) is 7.27. The van der Waals surface area contributed by atoms with Crippen molar-refractivity contribution in [2.24, 2.45) is 5.92 Å². The summed E-state index contributed by atoms with van der Waals surface area (Å²) in [5.41, 5.74) is 2.08. The van der Waals surface area contributed by atoms with E-state index in [9.17, 15) is 14.9 Å². The summed E-state index contributed by atoms with van der Waals surface area (Å²) in [6.45, 7) is 0.797. The molecule has 0 unspecified atom stereocenters. The van der Waals surface area contributed by atoms with E-state index in [1.165, 1.54) is 0 Å². The number of amides is 1. The Hall–Kier alpha value is -2.94. The molecule has 0 saturated heterocycles. The van der Waals surface area contributed by atoms with Gasteiger partial charge in [-0.2, -0.15) is 5.26 Å². The van der Waals surface area contributed by atoms with Crippen LogP contribution in [0.4, 0.5) is 0 Å². The van der Waals surface area contributed by atoms with Gasteiger partial charge in [-0.1, -0.05) is 36.8 Å². The standard InChI is InChI=1S/C21H22N4O2/c22-13-16(21(27)23-15-10-11-15)19(26)18-17-9-5-2-6-12-25(17)20(24-18)14-7-3-1-4-8-14/h1,3-4,7-8,15-16H,2,5-6,9-12H2,(H,23,27)/t16-/m1/s1. The predicted molar refractivity (Wildman–Crippen MR) is 99.8 cm³/mol. The molecule has 1 aliphatic heterocycles. The topological polar surface area (TPSA) is 87.8 Å². The largest absolute Gasteiger partial charge is 0.352 e. The van der Waals surface area contributed by atoms with Gasteiger partial charge >= 0.3 is 0 Å². The van der Waals surface area contributed by atoms with Gasteiger partial charge in [0.2, 0.25) is 11.7 Å². The number of Topliss-reactive ketones (excluding diaryl/α,β-unsaturated/α-hetero) is 1. The zero-order valence-corrected chi connectivity index (χ0v) is 15.1. The highest BCUT2D eigenvalue weighted by molar-refractivity contribution is 6.12. The van der Waals surface area contributed by atoms with Gasteiger partial charge in [0.1, 0.15) is 11.5 Å². The summed E-state index contributed by atoms with van der Waals surface area (Å²) in [6, 6.07) is 11.8. The van der Waals surface area contributed by atoms with E-state index in [4.69, 9.17) is 0 Å². The Morgan fingerprint density at radius 2 is 1.96 bits per heavy atom. The summed E-state index contributed by atoms with van der Waals surface area (Å²) < 4.78 is 2.10. The number of carbonyl (C=O) groups is 2. The van der Waals surface area contributed by atoms with Crippen LogP contribution < -0.4 is 5.32 Å². The van der Waals surface area contributed by atoms with Crippen LogP contribution in [0.3, 0.4) is 0 Å². The number of nitrogens with zero attached hydrogens (tertiary/aromatic N) is 3. The zero-order valence-electron chi connectivity index (χ0n) is 15.1. The third-order valence-electron chi connectivity index (χ3n) is 5.21. The van der Waals surface area contributed by atoms with Crippen LogP contribution in [0.2, 0.25) is 0 Å². The lowest BCUT2D eigenvalue weighted by molar-refractivity contribution is -0.122. The van der Waals surface area contributed by atoms with Gasteiger partial charge in [-0.25, -0.2) is 4.98 Å². The van der Waals surface area contributed by atoms with Crippen molar-refractivity contribution < 1.29 is 9.59 Å². The number of carbonyl (C=O) groups excluding carboxylic acids is 2. The molecule has 138 valence electrons. The smallest absolute Gasteiger partial charge is 0.245 e. The van der Waals surface area contributed by atoms with Crippen molar-refractivity contribution in [3.05, 3.63) is 41.7 Å². The second-order valence-electron chi connectivity index (χ2n) is 7.27. The first kappa shape index (κ1) is 17.5. The van der Waals surface area contributed by atoms with Crippen molar-refractivity contribution in [3.63, 3.8) is 0 Å². The molecule has 4 rings (SSSR count). The maximum Gasteiger partial charge on any atom is 0.245 e. The lowest BCUT2D eigenvalue weighted by Crippen LogP contribution is -2.36. The van der Waals surface area contributed by atoms with Crippen LogP contribution in [-0.4, -0.2) is 27.3 Å². The summed E-state index contributed by atoms with van der Waals surface area (Å²) in [4.78, 5) is 30.1. The maximum atomic E-state index is 13.1. The van der Waals surface area contributed by atoms with Crippen LogP contribution in [0, 0.1) is 17.2 Å². The van der Waals surface area contributed by atoms with Crippen LogP contribution in [0.1, 0.15) is 48.3 Å². The normalized spacial score (nSPS) is 17.3. The van der Waals surface area contributed by atoms with E-state index in [0.29, 0.717) is 0 Å². The number of imidazole rings is 1. The van der Waals surface area contributed by atoms with Crippen molar-refractivity contribution in [2.75, 3.05) is 0 Å². The quantitative estimate of drug-likeness (QED) is 0.654. The molecular weight excluding hydrogens is 340 g/mol. The van der Waals surface area contributed by atoms with E-state index in [-0.39, 0.29) is 11.7 Å². The minimum atomic E-state index is -1.34. The molecule has 1 N–H and O–H groups in total. The third-order valence-corrected chi connectivity index (χ3v) is 5.21. The van der Waals surface area contributed by atoms with E-state index in [2.05, 4.69) is 14.9 Å². The average molecular weight is 362 g/mol. The molecule has 0 spiro atoms. The van der Waals surface area contributed by atoms with Gasteiger partial charge in [-0.15, -0.1) is 0 Å². The number of benzene rings is 1. The van der Waals surface area contributed by atoms with Crippen molar-refractivity contribution in [1.82, 2.24) is 14.9 Å². The summed E-state index contributed by atoms with van der Waals surface area (Å²) in [5.74, 6) is -1.57. The number of nitriles is 1. The Balaban J connectivity index is 1.73. The Bertz CT molecular complexity index is 906. The summed E-state index contributed by atoms with van der Waals surface area (Å²) in [5, 5.41) is 12.2. The molecule has 1 aliphatic carbocycles. The first-order valence-corrected chi connectivity index (χ1v) is 9.58. The number of fused-ring (bicyclic) bond motifs is 1. The third kappa shape index (κ3) is 3.50. The van der Waals surface area contributed by atoms with Crippen molar-refractivity contribution in [1.29, 1.82) is 5.26 Å². The number of nitrogens with one attached hydrogen (secondary N) is 1. The molecule has 6 nitrogen and oxygen atoms in total. The van der Waals surface area contributed by atoms with Gasteiger partial charge in [0.25, 0.3) is 0 Å². The molecule has 1 fully saturated rings. The van der Waals surface area contributed by atoms with E-state index < -0.39 is 17.6 Å². The van der Waals surface area contributed by atoms with Crippen LogP contribution in [0.15, 0.2) is 30.3 Å². The van der Waals surface area contributed by atoms with Crippen LogP contribution in [0.5, 0.6) is 0 Å². The summed E-state index contributed by atoms with van der Waals surface area (Å²) in [6.07, 6.45) is 5.66. The SMILES string of the molecule is N#C[C@@H](C(=O)NC1CC1)C(=O)c1nc(-c2ccccc2)n2c1CCCCC2. The molecule has 0 bridgehead atoms. The lowest BCUT2D eigenvalue weighted by atomic mass is 9.99. The molecule has 1 atom stereocenters. The van der Waals surface area contributed by atoms with Gasteiger partial charge in [0.15, 0.2) is 5.92 Å². The van der Waals surface area contributed by atoms with Crippen molar-refractivity contribution in [2.45, 2.75) is 51.1 Å². The molecule has 1 amide bonds. The van der Waals surface area contributed by atoms with Crippen LogP contribution in [0.25, 0.3) is 11.4 Å². The molecule has 1 aromatic carbocycles. The molecule has 2 aromatic rings. The minimum absolute atomic E-state index is 0.111. The number of aromatic nitrogens is 2. The van der Waals surface area contributed by atoms with Gasteiger partial charge in [0, 0.05) is 23.8 Å². The summed E-state index contributed by atoms with van der Waals surface area (Å²) >= 11 is 0. The van der Waals surface area contributed by atoms with Gasteiger partial charge in [-0.3, -0.25) is 9.59 Å². The second kappa shape index (κ2) is 7.36. The predicted octanol–water partition coefficient (Wildman–Crippen LogP) is 2.88. The van der Waals surface area contributed by atoms with E-state index >= 15 is 0 Å². The Kier molecular flexibility index (Phi) is 4.76. The Morgan fingerprint density at radius 3 is 2.67 bits per heavy atom. The number of rotatable bonds is 5. The van der Waals surface area contributed by atoms with Crippen LogP contribution in [-0.2, 0) is 17.8 Å². The number of hydrogen-bond donors (Lipinski definition) is 1. The fourth-order valence-electron chi connectivity index (χ4n) is 3.61. The summed E-state index contributed by atoms with van der Waals surface area (Å²) in [7, 11) is 0. The first-order valence-electron chi connectivity index (χ1n) is 9.58. The fraction of sp³-hybridized carbons (Fsp3) is 0.429. The molecule has 2 heterocycles. The van der Waals surface area contributed by atoms with Crippen molar-refractivity contribution >= 4 is 11.7 Å². The average Bonchev–Trinajstić information content (AvgIpc) is 3.46. The molecule has 2 aliphatic rings. The van der Waals surface area contributed by atoms with Crippen LogP contribution >= 0.6 is 0 Å². The molecular formula is C21H22N4O2. The van der Waals surface area contributed by atoms with E-state index in [0.717, 1.165) is 62.2 Å². The van der Waals surface area contributed by atoms with E-state index in [1.54, 1.807) is 0 Å². The highest BCUT2D eigenvalue weighted by Crippen LogP contribution is 2.28. The van der Waals surface area contributed by atoms with Crippen molar-refractivity contribution in [3.8, 4) is 17.5 Å². The fourth-order valence-corrected chi connectivity index (χ4v) is 3.61. The molecule has 1 saturated carbocycles. The molecule has 6 heteroatoms. The Labute approximate surface area is 158 Å². The number of hydrogen-bond acceptors (Lipinski definition) is 4. The minimum Gasteiger partial charge on any atom is -0.352 e. The van der Waals surface area contributed by atoms with Gasteiger partial charge in [-0.05, 0) is 32.1 Å². The van der Waals surface area contributed by atoms with Gasteiger partial charge in [0.05, 0.1) is 6.07 Å². The lowest BCUT2D eigenvalue weighted by Gasteiger charge is -2.10. The number of ketones is 1. The Morgan fingerprint density at radius 1 is 1.19 bits per heavy atom. The monoisotopic (exact) mass is 362 g/mol.